The molecule has 0 saturated carbocycles. The van der Waals surface area contributed by atoms with Crippen molar-refractivity contribution in [1.82, 2.24) is 10.3 Å². The van der Waals surface area contributed by atoms with E-state index >= 15 is 0 Å². The second-order valence-electron chi connectivity index (χ2n) is 4.76. The molecule has 0 aromatic carbocycles. The van der Waals surface area contributed by atoms with Gasteiger partial charge in [0.15, 0.2) is 0 Å². The molecule has 1 aromatic heterocycles. The zero-order valence-corrected chi connectivity index (χ0v) is 12.0. The molecule has 0 spiro atoms. The summed E-state index contributed by atoms with van der Waals surface area (Å²) in [5.74, 6) is -2.70. The van der Waals surface area contributed by atoms with E-state index in [1.165, 1.54) is 5.38 Å². The largest absolute Gasteiger partial charge is 0.480 e. The summed E-state index contributed by atoms with van der Waals surface area (Å²) in [7, 11) is 0. The maximum Gasteiger partial charge on any atom is 0.391 e. The Morgan fingerprint density at radius 3 is 2.82 bits per heavy atom. The third kappa shape index (κ3) is 4.41. The Bertz CT molecular complexity index is 555. The minimum atomic E-state index is -4.69. The van der Waals surface area contributed by atoms with E-state index < -0.39 is 30.5 Å². The predicted molar refractivity (Wildman–Crippen MR) is 69.6 cm³/mol. The van der Waals surface area contributed by atoms with E-state index in [0.29, 0.717) is 11.6 Å². The van der Waals surface area contributed by atoms with Gasteiger partial charge in [0.2, 0.25) is 0 Å². The third-order valence-corrected chi connectivity index (χ3v) is 3.94. The number of hydrogen-bond donors (Lipinski definition) is 2. The van der Waals surface area contributed by atoms with Crippen LogP contribution in [-0.2, 0) is 9.53 Å². The molecular weight excluding hydrogens is 325 g/mol. The number of carbonyl (C=O) groups is 2. The topological polar surface area (TPSA) is 88.5 Å². The van der Waals surface area contributed by atoms with Crippen molar-refractivity contribution in [2.24, 2.45) is 0 Å². The van der Waals surface area contributed by atoms with Gasteiger partial charge in [0.1, 0.15) is 22.8 Å². The summed E-state index contributed by atoms with van der Waals surface area (Å²) in [6.07, 6.45) is -4.91. The molecule has 1 aromatic rings. The maximum atomic E-state index is 12.3. The fraction of sp³-hybridized carbons (Fsp3) is 0.583. The molecule has 122 valence electrons. The molecule has 2 N–H and O–H groups in total. The minimum absolute atomic E-state index is 0.107. The van der Waals surface area contributed by atoms with Crippen LogP contribution >= 0.6 is 11.3 Å². The monoisotopic (exact) mass is 338 g/mol. The van der Waals surface area contributed by atoms with E-state index in [2.05, 4.69) is 4.98 Å². The molecule has 2 atom stereocenters. The lowest BCUT2D eigenvalue weighted by atomic mass is 10.2. The second-order valence-corrected chi connectivity index (χ2v) is 5.65. The Balaban J connectivity index is 2.02. The Labute approximate surface area is 127 Å². The molecule has 1 aliphatic rings. The van der Waals surface area contributed by atoms with Crippen molar-refractivity contribution in [2.75, 3.05) is 6.61 Å². The van der Waals surface area contributed by atoms with Crippen molar-refractivity contribution >= 4 is 23.2 Å². The van der Waals surface area contributed by atoms with E-state index in [1.807, 2.05) is 5.32 Å². The molecule has 2 unspecified atom stereocenters. The highest BCUT2D eigenvalue weighted by atomic mass is 32.1. The number of hydrogen-bond acceptors (Lipinski definition) is 5. The van der Waals surface area contributed by atoms with Crippen LogP contribution in [0.25, 0.3) is 0 Å². The average Bonchev–Trinajstić information content (AvgIpc) is 3.07. The van der Waals surface area contributed by atoms with Gasteiger partial charge in [-0.05, 0) is 12.8 Å². The molecule has 2 heterocycles. The molecule has 1 amide bonds. The number of carboxylic acids is 1. The Kier molecular flexibility index (Phi) is 5.01. The van der Waals surface area contributed by atoms with Crippen molar-refractivity contribution in [1.29, 1.82) is 0 Å². The molecule has 10 heteroatoms. The zero-order chi connectivity index (χ0) is 16.3. The first-order valence-electron chi connectivity index (χ1n) is 6.43. The normalized spacial score (nSPS) is 19.9. The predicted octanol–water partition coefficient (Wildman–Crippen LogP) is 2.13. The number of nitrogens with zero attached hydrogens (tertiary/aromatic N) is 1. The number of ether oxygens (including phenoxy) is 1. The van der Waals surface area contributed by atoms with Gasteiger partial charge in [-0.3, -0.25) is 4.79 Å². The highest BCUT2D eigenvalue weighted by molar-refractivity contribution is 7.09. The molecular formula is C12H13F3N2O4S. The molecule has 0 radical (unpaired) electrons. The number of aliphatic carboxylic acids is 1. The lowest BCUT2D eigenvalue weighted by Gasteiger charge is -2.15. The first-order chi connectivity index (χ1) is 10.3. The van der Waals surface area contributed by atoms with Crippen molar-refractivity contribution in [3.8, 4) is 0 Å². The van der Waals surface area contributed by atoms with Crippen LogP contribution in [0.4, 0.5) is 13.2 Å². The quantitative estimate of drug-likeness (QED) is 0.859. The molecule has 2 rings (SSSR count). The average molecular weight is 338 g/mol. The maximum absolute atomic E-state index is 12.3. The van der Waals surface area contributed by atoms with Crippen molar-refractivity contribution in [3.05, 3.63) is 16.1 Å². The first kappa shape index (κ1) is 16.7. The van der Waals surface area contributed by atoms with Crippen LogP contribution in [0.5, 0.6) is 0 Å². The second kappa shape index (κ2) is 6.61. The van der Waals surface area contributed by atoms with Crippen molar-refractivity contribution in [3.63, 3.8) is 0 Å². The molecule has 22 heavy (non-hydrogen) atoms. The van der Waals surface area contributed by atoms with E-state index in [1.54, 1.807) is 0 Å². The SMILES string of the molecule is O=C(NC(CC(F)(F)F)C(=O)O)c1csc(C2CCCO2)n1. The van der Waals surface area contributed by atoms with Gasteiger partial charge in [-0.15, -0.1) is 11.3 Å². The number of carbonyl (C=O) groups excluding carboxylic acids is 1. The Morgan fingerprint density at radius 1 is 1.55 bits per heavy atom. The summed E-state index contributed by atoms with van der Waals surface area (Å²) in [5, 5.41) is 12.5. The Hall–Kier alpha value is -1.68. The minimum Gasteiger partial charge on any atom is -0.480 e. The van der Waals surface area contributed by atoms with Gasteiger partial charge in [-0.25, -0.2) is 9.78 Å². The van der Waals surface area contributed by atoms with Gasteiger partial charge in [-0.2, -0.15) is 13.2 Å². The molecule has 0 aliphatic carbocycles. The number of amides is 1. The number of rotatable bonds is 5. The molecule has 1 fully saturated rings. The van der Waals surface area contributed by atoms with Gasteiger partial charge in [0.05, 0.1) is 6.42 Å². The number of nitrogens with one attached hydrogen (secondary N) is 1. The summed E-state index contributed by atoms with van der Waals surface area (Å²) in [6, 6.07) is -2.04. The number of alkyl halides is 3. The molecule has 6 nitrogen and oxygen atoms in total. The fourth-order valence-corrected chi connectivity index (χ4v) is 2.86. The molecule has 0 bridgehead atoms. The third-order valence-electron chi connectivity index (χ3n) is 3.00. The number of halogens is 3. The molecule has 1 aliphatic heterocycles. The Morgan fingerprint density at radius 2 is 2.27 bits per heavy atom. The highest BCUT2D eigenvalue weighted by Gasteiger charge is 2.36. The van der Waals surface area contributed by atoms with Crippen LogP contribution in [-0.4, -0.2) is 40.8 Å². The van der Waals surface area contributed by atoms with Gasteiger partial charge in [0.25, 0.3) is 5.91 Å². The first-order valence-corrected chi connectivity index (χ1v) is 7.31. The van der Waals surface area contributed by atoms with Gasteiger partial charge in [-0.1, -0.05) is 0 Å². The van der Waals surface area contributed by atoms with Gasteiger partial charge >= 0.3 is 12.1 Å². The van der Waals surface area contributed by atoms with Gasteiger partial charge < -0.3 is 15.2 Å². The van der Waals surface area contributed by atoms with Gasteiger partial charge in [0, 0.05) is 12.0 Å². The van der Waals surface area contributed by atoms with Crippen LogP contribution in [0.1, 0.15) is 40.9 Å². The fourth-order valence-electron chi connectivity index (χ4n) is 1.98. The van der Waals surface area contributed by atoms with E-state index in [9.17, 15) is 22.8 Å². The van der Waals surface area contributed by atoms with Crippen LogP contribution in [0.3, 0.4) is 0 Å². The van der Waals surface area contributed by atoms with Crippen molar-refractivity contribution < 1.29 is 32.6 Å². The standard InChI is InChI=1S/C12H13F3N2O4S/c13-12(14,15)4-6(11(19)20)16-9(18)7-5-22-10(17-7)8-2-1-3-21-8/h5-6,8H,1-4H2,(H,16,18)(H,19,20). The summed E-state index contributed by atoms with van der Waals surface area (Å²) in [6.45, 7) is 0.596. The van der Waals surface area contributed by atoms with Crippen LogP contribution < -0.4 is 5.32 Å². The number of thiazole rings is 1. The smallest absolute Gasteiger partial charge is 0.391 e. The summed E-state index contributed by atoms with van der Waals surface area (Å²) in [4.78, 5) is 26.6. The van der Waals surface area contributed by atoms with Crippen molar-refractivity contribution in [2.45, 2.75) is 37.6 Å². The number of aromatic nitrogens is 1. The van der Waals surface area contributed by atoms with Crippen LogP contribution in [0, 0.1) is 0 Å². The number of carboxylic acid groups (broad SMARTS) is 1. The lowest BCUT2D eigenvalue weighted by molar-refractivity contribution is -0.157. The van der Waals surface area contributed by atoms with E-state index in [4.69, 9.17) is 9.84 Å². The van der Waals surface area contributed by atoms with E-state index in [0.717, 1.165) is 24.2 Å². The summed E-state index contributed by atoms with van der Waals surface area (Å²) >= 11 is 1.16. The summed E-state index contributed by atoms with van der Waals surface area (Å²) < 4.78 is 42.2. The summed E-state index contributed by atoms with van der Waals surface area (Å²) in [5.41, 5.74) is -0.107. The molecule has 1 saturated heterocycles. The van der Waals surface area contributed by atoms with Crippen LogP contribution in [0.2, 0.25) is 0 Å². The zero-order valence-electron chi connectivity index (χ0n) is 11.2. The van der Waals surface area contributed by atoms with E-state index in [-0.39, 0.29) is 11.8 Å². The lowest BCUT2D eigenvalue weighted by Crippen LogP contribution is -2.43. The highest BCUT2D eigenvalue weighted by Crippen LogP contribution is 2.30. The van der Waals surface area contributed by atoms with Crippen LogP contribution in [0.15, 0.2) is 5.38 Å².